The third-order valence-electron chi connectivity index (χ3n) is 9.15. The number of rotatable bonds is 7. The Labute approximate surface area is 294 Å². The van der Waals surface area contributed by atoms with Crippen molar-refractivity contribution in [3.05, 3.63) is 168 Å². The fourth-order valence-corrected chi connectivity index (χ4v) is 6.46. The molecule has 7 rings (SSSR count). The fraction of sp³-hybridized carbons (Fsp3) is 0.227. The Morgan fingerprint density at radius 3 is 2.13 bits per heavy atom. The van der Waals surface area contributed by atoms with Crippen molar-refractivity contribution in [2.24, 2.45) is 5.92 Å². The van der Waals surface area contributed by atoms with E-state index in [0.29, 0.717) is 5.92 Å². The molecule has 1 unspecified atom stereocenters. The van der Waals surface area contributed by atoms with Crippen molar-refractivity contribution < 1.29 is 20.1 Å². The summed E-state index contributed by atoms with van der Waals surface area (Å²) in [5.74, 6) is 1.22. The van der Waals surface area contributed by atoms with Gasteiger partial charge < -0.3 is 9.97 Å². The van der Waals surface area contributed by atoms with Crippen LogP contribution in [0.15, 0.2) is 134 Å². The second-order valence-electron chi connectivity index (χ2n) is 12.5. The molecule has 239 valence electrons. The predicted octanol–water partition coefficient (Wildman–Crippen LogP) is 11.3. The van der Waals surface area contributed by atoms with Gasteiger partial charge >= 0.3 is 0 Å². The van der Waals surface area contributed by atoms with Crippen molar-refractivity contribution in [2.45, 2.75) is 58.3 Å². The number of nitrogens with zero attached hydrogens (tertiary/aromatic N) is 2. The SMILES string of the molecule is CC(c1ccccc1)c1cc[c-]c(-c2cc(CC3CCCCC3)ccn2)c1.Cc1cnc(-c2[c-]cccc2)cc1-c1ccccc1.[Ir]. The van der Waals surface area contributed by atoms with Gasteiger partial charge in [0.15, 0.2) is 0 Å². The molecule has 1 aliphatic carbocycles. The first-order chi connectivity index (χ1) is 22.6. The van der Waals surface area contributed by atoms with Crippen molar-refractivity contribution in [3.63, 3.8) is 0 Å². The molecule has 2 aromatic heterocycles. The summed E-state index contributed by atoms with van der Waals surface area (Å²) in [6.45, 7) is 4.36. The van der Waals surface area contributed by atoms with E-state index in [1.165, 1.54) is 71.9 Å². The van der Waals surface area contributed by atoms with Crippen LogP contribution in [0.25, 0.3) is 33.6 Å². The van der Waals surface area contributed by atoms with Crippen LogP contribution < -0.4 is 0 Å². The minimum absolute atomic E-state index is 0. The zero-order valence-electron chi connectivity index (χ0n) is 27.3. The summed E-state index contributed by atoms with van der Waals surface area (Å²) in [5.41, 5.74) is 11.8. The molecule has 3 heteroatoms. The zero-order valence-corrected chi connectivity index (χ0v) is 29.7. The molecule has 1 aliphatic rings. The van der Waals surface area contributed by atoms with Crippen molar-refractivity contribution >= 4 is 0 Å². The van der Waals surface area contributed by atoms with Crippen LogP contribution >= 0.6 is 0 Å². The summed E-state index contributed by atoms with van der Waals surface area (Å²) in [5, 5.41) is 0. The van der Waals surface area contributed by atoms with Gasteiger partial charge in [-0.25, -0.2) is 0 Å². The first-order valence-electron chi connectivity index (χ1n) is 16.6. The molecular weight excluding hydrogens is 749 g/mol. The first-order valence-corrected chi connectivity index (χ1v) is 16.6. The maximum atomic E-state index is 4.64. The van der Waals surface area contributed by atoms with E-state index in [-0.39, 0.29) is 20.1 Å². The third-order valence-corrected chi connectivity index (χ3v) is 9.15. The molecule has 4 aromatic carbocycles. The second-order valence-corrected chi connectivity index (χ2v) is 12.5. The topological polar surface area (TPSA) is 25.8 Å². The van der Waals surface area contributed by atoms with E-state index in [1.54, 1.807) is 0 Å². The van der Waals surface area contributed by atoms with Crippen LogP contribution in [0.2, 0.25) is 0 Å². The number of hydrogen-bond acceptors (Lipinski definition) is 2. The Balaban J connectivity index is 0.000000191. The Kier molecular flexibility index (Phi) is 12.4. The third kappa shape index (κ3) is 9.22. The van der Waals surface area contributed by atoms with Gasteiger partial charge in [-0.2, -0.15) is 0 Å². The summed E-state index contributed by atoms with van der Waals surface area (Å²) in [4.78, 5) is 9.15. The summed E-state index contributed by atoms with van der Waals surface area (Å²) in [6.07, 6.45) is 12.1. The van der Waals surface area contributed by atoms with Crippen LogP contribution in [-0.4, -0.2) is 9.97 Å². The normalized spacial score (nSPS) is 13.5. The quantitative estimate of drug-likeness (QED) is 0.151. The summed E-state index contributed by atoms with van der Waals surface area (Å²) < 4.78 is 0. The Morgan fingerprint density at radius 1 is 0.681 bits per heavy atom. The number of pyridine rings is 2. The molecule has 0 saturated heterocycles. The van der Waals surface area contributed by atoms with Crippen molar-refractivity contribution in [2.75, 3.05) is 0 Å². The van der Waals surface area contributed by atoms with E-state index in [1.807, 2.05) is 48.8 Å². The van der Waals surface area contributed by atoms with Gasteiger partial charge in [0, 0.05) is 32.5 Å². The van der Waals surface area contributed by atoms with Gasteiger partial charge in [0.2, 0.25) is 0 Å². The van der Waals surface area contributed by atoms with Gasteiger partial charge in [-0.15, -0.1) is 71.3 Å². The molecule has 1 fully saturated rings. The standard InChI is InChI=1S/C26H28N.C18H14N.Ir/c1-20(23-11-6-3-7-12-23)24-13-8-14-25(19-24)26-18-22(15-16-27-26)17-21-9-4-2-5-10-21;1-14-13-19-18(16-10-6-3-7-11-16)12-17(14)15-8-4-2-5-9-15;/h3,6-8,11-13,15-16,18-21H,2,4-5,9-10,17H2,1H3;2-10,12-13H,1H3;/q2*-1;. The maximum absolute atomic E-state index is 4.64. The monoisotopic (exact) mass is 791 g/mol. The molecular formula is C44H42IrN2-2. The van der Waals surface area contributed by atoms with Gasteiger partial charge in [-0.3, -0.25) is 0 Å². The smallest absolute Gasteiger partial charge is 0.0196 e. The molecule has 47 heavy (non-hydrogen) atoms. The number of aromatic nitrogens is 2. The van der Waals surface area contributed by atoms with Crippen LogP contribution in [0.5, 0.6) is 0 Å². The first kappa shape index (κ1) is 34.2. The fourth-order valence-electron chi connectivity index (χ4n) is 6.46. The molecule has 0 aliphatic heterocycles. The van der Waals surface area contributed by atoms with Crippen LogP contribution in [0.1, 0.15) is 67.2 Å². The van der Waals surface area contributed by atoms with E-state index in [2.05, 4.69) is 121 Å². The predicted molar refractivity (Wildman–Crippen MR) is 191 cm³/mol. The maximum Gasteiger partial charge on any atom is 0.0196 e. The van der Waals surface area contributed by atoms with Gasteiger partial charge in [-0.1, -0.05) is 117 Å². The molecule has 0 spiro atoms. The zero-order chi connectivity index (χ0) is 31.6. The summed E-state index contributed by atoms with van der Waals surface area (Å²) in [7, 11) is 0. The van der Waals surface area contributed by atoms with Gasteiger partial charge in [0.1, 0.15) is 0 Å². The largest absolute Gasteiger partial charge is 0.305 e. The summed E-state index contributed by atoms with van der Waals surface area (Å²) >= 11 is 0. The van der Waals surface area contributed by atoms with E-state index in [4.69, 9.17) is 0 Å². The van der Waals surface area contributed by atoms with E-state index < -0.39 is 0 Å². The van der Waals surface area contributed by atoms with Gasteiger partial charge in [0.05, 0.1) is 0 Å². The minimum Gasteiger partial charge on any atom is -0.305 e. The average Bonchev–Trinajstić information content (AvgIpc) is 3.13. The number of hydrogen-bond donors (Lipinski definition) is 0. The molecule has 2 nitrogen and oxygen atoms in total. The van der Waals surface area contributed by atoms with E-state index in [9.17, 15) is 0 Å². The number of aryl methyl sites for hydroxylation is 1. The van der Waals surface area contributed by atoms with Gasteiger partial charge in [-0.05, 0) is 64.9 Å². The molecule has 2 heterocycles. The van der Waals surface area contributed by atoms with Crippen LogP contribution in [0.3, 0.4) is 0 Å². The molecule has 6 aromatic rings. The number of benzene rings is 4. The molecule has 1 atom stereocenters. The van der Waals surface area contributed by atoms with Crippen LogP contribution in [-0.2, 0) is 26.5 Å². The Hall–Kier alpha value is -4.17. The molecule has 0 amide bonds. The minimum atomic E-state index is 0. The van der Waals surface area contributed by atoms with E-state index in [0.717, 1.165) is 28.4 Å². The molecule has 0 bridgehead atoms. The van der Waals surface area contributed by atoms with Crippen LogP contribution in [0.4, 0.5) is 0 Å². The Morgan fingerprint density at radius 2 is 1.38 bits per heavy atom. The van der Waals surface area contributed by atoms with Crippen LogP contribution in [0, 0.1) is 25.0 Å². The second kappa shape index (κ2) is 17.1. The Bertz CT molecular complexity index is 1810. The molecule has 1 radical (unpaired) electrons. The molecule has 0 N–H and O–H groups in total. The molecule has 1 saturated carbocycles. The van der Waals surface area contributed by atoms with Crippen molar-refractivity contribution in [1.29, 1.82) is 0 Å². The van der Waals surface area contributed by atoms with Crippen molar-refractivity contribution in [1.82, 2.24) is 9.97 Å². The van der Waals surface area contributed by atoms with Gasteiger partial charge in [0.25, 0.3) is 0 Å². The average molecular weight is 791 g/mol. The van der Waals surface area contributed by atoms with Crippen molar-refractivity contribution in [3.8, 4) is 33.6 Å². The summed E-state index contributed by atoms with van der Waals surface area (Å²) in [6, 6.07) is 48.7. The van der Waals surface area contributed by atoms with E-state index >= 15 is 0 Å².